The Morgan fingerprint density at radius 2 is 1.42 bits per heavy atom. The third-order valence-electron chi connectivity index (χ3n) is 4.70. The van der Waals surface area contributed by atoms with E-state index in [9.17, 15) is 13.2 Å². The number of halogens is 3. The Labute approximate surface area is 152 Å². The zero-order chi connectivity index (χ0) is 18.7. The van der Waals surface area contributed by atoms with Crippen molar-refractivity contribution in [1.29, 1.82) is 0 Å². The van der Waals surface area contributed by atoms with E-state index in [1.54, 1.807) is 31.2 Å². The van der Waals surface area contributed by atoms with Crippen molar-refractivity contribution in [2.24, 2.45) is 0 Å². The van der Waals surface area contributed by atoms with E-state index in [2.05, 4.69) is 0 Å². The fourth-order valence-corrected chi connectivity index (χ4v) is 3.07. The Hall–Kier alpha value is -2.55. The lowest BCUT2D eigenvalue weighted by atomic mass is 9.98. The average Bonchev–Trinajstić information content (AvgIpc) is 2.64. The highest BCUT2D eigenvalue weighted by Gasteiger charge is 2.13. The molecular formula is C23H21F3. The highest BCUT2D eigenvalue weighted by atomic mass is 19.2. The molecule has 134 valence electrons. The number of rotatable bonds is 5. The van der Waals surface area contributed by atoms with Crippen molar-refractivity contribution in [2.45, 2.75) is 33.1 Å². The number of hydrogen-bond acceptors (Lipinski definition) is 0. The Morgan fingerprint density at radius 3 is 2.08 bits per heavy atom. The third-order valence-corrected chi connectivity index (χ3v) is 4.70. The van der Waals surface area contributed by atoms with Crippen LogP contribution in [-0.2, 0) is 19.3 Å². The van der Waals surface area contributed by atoms with Crippen LogP contribution in [0.5, 0.6) is 0 Å². The Kier molecular flexibility index (Phi) is 5.46. The van der Waals surface area contributed by atoms with Gasteiger partial charge in [0, 0.05) is 5.56 Å². The molecule has 0 aliphatic rings. The summed E-state index contributed by atoms with van der Waals surface area (Å²) in [5.74, 6) is -1.77. The second kappa shape index (κ2) is 7.77. The molecule has 0 amide bonds. The smallest absolute Gasteiger partial charge is 0.166 e. The predicted molar refractivity (Wildman–Crippen MR) is 99.7 cm³/mol. The quantitative estimate of drug-likeness (QED) is 0.495. The molecule has 0 nitrogen and oxygen atoms in total. The highest BCUT2D eigenvalue weighted by molar-refractivity contribution is 5.65. The van der Waals surface area contributed by atoms with Crippen molar-refractivity contribution >= 4 is 0 Å². The van der Waals surface area contributed by atoms with Gasteiger partial charge >= 0.3 is 0 Å². The van der Waals surface area contributed by atoms with Crippen molar-refractivity contribution in [3.63, 3.8) is 0 Å². The Bertz CT molecular complexity index is 911. The standard InChI is InChI=1S/C23H21F3/c1-3-17-12-13-20(23(26)22(17)25)18-9-5-16(6-10-18)7-11-19-8-4-15(2)14-21(19)24/h4-6,8-10,12-14H,3,7,11H2,1-2H3. The van der Waals surface area contributed by atoms with E-state index in [1.807, 2.05) is 31.2 Å². The number of aryl methyl sites for hydroxylation is 4. The lowest BCUT2D eigenvalue weighted by Crippen LogP contribution is -1.97. The van der Waals surface area contributed by atoms with Crippen molar-refractivity contribution in [3.8, 4) is 11.1 Å². The first-order valence-electron chi connectivity index (χ1n) is 8.80. The second-order valence-corrected chi connectivity index (χ2v) is 6.55. The summed E-state index contributed by atoms with van der Waals surface area (Å²) in [6.45, 7) is 3.66. The molecule has 0 bridgehead atoms. The van der Waals surface area contributed by atoms with Gasteiger partial charge in [0.2, 0.25) is 0 Å². The molecular weight excluding hydrogens is 333 g/mol. The lowest BCUT2D eigenvalue weighted by Gasteiger charge is -2.09. The monoisotopic (exact) mass is 354 g/mol. The second-order valence-electron chi connectivity index (χ2n) is 6.55. The van der Waals surface area contributed by atoms with Gasteiger partial charge in [0.05, 0.1) is 0 Å². The summed E-state index contributed by atoms with van der Waals surface area (Å²) in [5.41, 5.74) is 3.88. The van der Waals surface area contributed by atoms with Crippen LogP contribution in [0.1, 0.15) is 29.2 Å². The minimum absolute atomic E-state index is 0.185. The molecule has 0 atom stereocenters. The average molecular weight is 354 g/mol. The molecule has 3 aromatic carbocycles. The van der Waals surface area contributed by atoms with Gasteiger partial charge in [0.15, 0.2) is 11.6 Å². The minimum Gasteiger partial charge on any atom is -0.207 e. The SMILES string of the molecule is CCc1ccc(-c2ccc(CCc3ccc(C)cc3F)cc2)c(F)c1F. The zero-order valence-corrected chi connectivity index (χ0v) is 15.0. The number of benzene rings is 3. The predicted octanol–water partition coefficient (Wildman–Crippen LogP) is 6.43. The van der Waals surface area contributed by atoms with E-state index in [0.717, 1.165) is 11.1 Å². The van der Waals surface area contributed by atoms with E-state index >= 15 is 0 Å². The van der Waals surface area contributed by atoms with Gasteiger partial charge in [0.25, 0.3) is 0 Å². The maximum atomic E-state index is 14.3. The summed E-state index contributed by atoms with van der Waals surface area (Å²) in [4.78, 5) is 0. The normalized spacial score (nSPS) is 11.0. The number of hydrogen-bond donors (Lipinski definition) is 0. The van der Waals surface area contributed by atoms with Crippen LogP contribution < -0.4 is 0 Å². The van der Waals surface area contributed by atoms with Crippen LogP contribution in [0, 0.1) is 24.4 Å². The van der Waals surface area contributed by atoms with Crippen LogP contribution in [0.2, 0.25) is 0 Å². The van der Waals surface area contributed by atoms with E-state index < -0.39 is 11.6 Å². The van der Waals surface area contributed by atoms with Crippen LogP contribution >= 0.6 is 0 Å². The topological polar surface area (TPSA) is 0 Å². The summed E-state index contributed by atoms with van der Waals surface area (Å²) in [6, 6.07) is 15.8. The fourth-order valence-electron chi connectivity index (χ4n) is 3.07. The van der Waals surface area contributed by atoms with Gasteiger partial charge in [-0.15, -0.1) is 0 Å². The molecule has 0 aliphatic heterocycles. The van der Waals surface area contributed by atoms with Crippen LogP contribution in [0.4, 0.5) is 13.2 Å². The largest absolute Gasteiger partial charge is 0.207 e. The van der Waals surface area contributed by atoms with Crippen LogP contribution in [-0.4, -0.2) is 0 Å². The lowest BCUT2D eigenvalue weighted by molar-refractivity contribution is 0.502. The van der Waals surface area contributed by atoms with Gasteiger partial charge in [0.1, 0.15) is 5.82 Å². The van der Waals surface area contributed by atoms with E-state index in [0.29, 0.717) is 36.0 Å². The molecule has 0 heterocycles. The summed E-state index contributed by atoms with van der Waals surface area (Å²) in [5, 5.41) is 0. The molecule has 0 aromatic heterocycles. The minimum atomic E-state index is -0.807. The van der Waals surface area contributed by atoms with Gasteiger partial charge in [-0.25, -0.2) is 13.2 Å². The maximum Gasteiger partial charge on any atom is 0.166 e. The molecule has 0 N–H and O–H groups in total. The molecule has 3 aromatic rings. The molecule has 0 spiro atoms. The summed E-state index contributed by atoms with van der Waals surface area (Å²) >= 11 is 0. The van der Waals surface area contributed by atoms with Crippen molar-refractivity contribution in [3.05, 3.63) is 94.3 Å². The van der Waals surface area contributed by atoms with Crippen LogP contribution in [0.25, 0.3) is 11.1 Å². The van der Waals surface area contributed by atoms with Gasteiger partial charge < -0.3 is 0 Å². The van der Waals surface area contributed by atoms with Crippen LogP contribution in [0.3, 0.4) is 0 Å². The van der Waals surface area contributed by atoms with E-state index in [1.165, 1.54) is 6.07 Å². The maximum absolute atomic E-state index is 14.3. The molecule has 0 aliphatic carbocycles. The summed E-state index contributed by atoms with van der Waals surface area (Å²) in [7, 11) is 0. The molecule has 3 rings (SSSR count). The van der Waals surface area contributed by atoms with Crippen molar-refractivity contribution < 1.29 is 13.2 Å². The third kappa shape index (κ3) is 3.82. The summed E-state index contributed by atoms with van der Waals surface area (Å²) in [6.07, 6.45) is 1.74. The van der Waals surface area contributed by atoms with Gasteiger partial charge in [-0.3, -0.25) is 0 Å². The molecule has 0 unspecified atom stereocenters. The van der Waals surface area contributed by atoms with Gasteiger partial charge in [-0.05, 0) is 60.1 Å². The molecule has 0 saturated carbocycles. The van der Waals surface area contributed by atoms with Crippen molar-refractivity contribution in [1.82, 2.24) is 0 Å². The van der Waals surface area contributed by atoms with Crippen molar-refractivity contribution in [2.75, 3.05) is 0 Å². The molecule has 0 saturated heterocycles. The fraction of sp³-hybridized carbons (Fsp3) is 0.217. The highest BCUT2D eigenvalue weighted by Crippen LogP contribution is 2.27. The Morgan fingerprint density at radius 1 is 0.731 bits per heavy atom. The molecule has 3 heteroatoms. The van der Waals surface area contributed by atoms with E-state index in [-0.39, 0.29) is 11.4 Å². The summed E-state index contributed by atoms with van der Waals surface area (Å²) < 4.78 is 42.2. The molecule has 26 heavy (non-hydrogen) atoms. The zero-order valence-electron chi connectivity index (χ0n) is 15.0. The Balaban J connectivity index is 1.75. The first kappa shape index (κ1) is 18.2. The molecule has 0 fully saturated rings. The molecule has 0 radical (unpaired) electrons. The first-order valence-corrected chi connectivity index (χ1v) is 8.80. The van der Waals surface area contributed by atoms with Crippen LogP contribution in [0.15, 0.2) is 54.6 Å². The van der Waals surface area contributed by atoms with E-state index in [4.69, 9.17) is 0 Å². The first-order chi connectivity index (χ1) is 12.5. The van der Waals surface area contributed by atoms with Gasteiger partial charge in [-0.1, -0.05) is 55.5 Å². The van der Waals surface area contributed by atoms with Gasteiger partial charge in [-0.2, -0.15) is 0 Å².